The summed E-state index contributed by atoms with van der Waals surface area (Å²) in [6.07, 6.45) is 2.33. The summed E-state index contributed by atoms with van der Waals surface area (Å²) in [5, 5.41) is 0. The number of para-hydroxylation sites is 2. The van der Waals surface area contributed by atoms with Crippen molar-refractivity contribution in [3.8, 4) is 0 Å². The van der Waals surface area contributed by atoms with Crippen LogP contribution in [0, 0.1) is 0 Å². The topological polar surface area (TPSA) is 3.24 Å². The summed E-state index contributed by atoms with van der Waals surface area (Å²) in [4.78, 5) is 2.54. The molecule has 0 saturated heterocycles. The van der Waals surface area contributed by atoms with Crippen LogP contribution in [0.3, 0.4) is 0 Å². The fourth-order valence-electron chi connectivity index (χ4n) is 3.51. The molecular formula is C16H15N. The Balaban J connectivity index is 1.98. The molecule has 0 bridgehead atoms. The monoisotopic (exact) mass is 221 g/mol. The fraction of sp³-hybridized carbons (Fsp3) is 0.250. The van der Waals surface area contributed by atoms with Gasteiger partial charge in [0.1, 0.15) is 0 Å². The smallest absolute Gasteiger partial charge is 0.0505 e. The lowest BCUT2D eigenvalue weighted by Gasteiger charge is -2.30. The summed E-state index contributed by atoms with van der Waals surface area (Å²) in [5.41, 5.74) is 6.04. The van der Waals surface area contributed by atoms with Crippen molar-refractivity contribution in [2.24, 2.45) is 0 Å². The van der Waals surface area contributed by atoms with E-state index in [4.69, 9.17) is 0 Å². The summed E-state index contributed by atoms with van der Waals surface area (Å²) in [7, 11) is 0. The standard InChI is InChI=1S/C16H15N/c1-16-10-12-6-2-4-8-14(12)17(16)15-9-5-3-7-13(15)11-16/h2-9H,10-11H2,1H3. The van der Waals surface area contributed by atoms with Crippen LogP contribution >= 0.6 is 0 Å². The fourth-order valence-corrected chi connectivity index (χ4v) is 3.51. The van der Waals surface area contributed by atoms with Crippen LogP contribution in [0.1, 0.15) is 18.1 Å². The van der Waals surface area contributed by atoms with Gasteiger partial charge in [0.05, 0.1) is 5.54 Å². The van der Waals surface area contributed by atoms with E-state index in [0.717, 1.165) is 12.8 Å². The highest BCUT2D eigenvalue weighted by Crippen LogP contribution is 2.51. The highest BCUT2D eigenvalue weighted by molar-refractivity contribution is 5.78. The molecule has 2 heterocycles. The Morgan fingerprint density at radius 3 is 1.82 bits per heavy atom. The predicted octanol–water partition coefficient (Wildman–Crippen LogP) is 3.70. The van der Waals surface area contributed by atoms with Gasteiger partial charge >= 0.3 is 0 Å². The van der Waals surface area contributed by atoms with Crippen LogP contribution < -0.4 is 4.90 Å². The van der Waals surface area contributed by atoms with E-state index in [1.165, 1.54) is 22.5 Å². The van der Waals surface area contributed by atoms with Crippen LogP contribution in [-0.4, -0.2) is 5.54 Å². The lowest BCUT2D eigenvalue weighted by Crippen LogP contribution is -2.37. The van der Waals surface area contributed by atoms with Crippen LogP contribution in [0.4, 0.5) is 11.4 Å². The van der Waals surface area contributed by atoms with Crippen LogP contribution in [0.5, 0.6) is 0 Å². The molecule has 0 unspecified atom stereocenters. The molecule has 84 valence electrons. The maximum atomic E-state index is 2.54. The van der Waals surface area contributed by atoms with E-state index < -0.39 is 0 Å². The van der Waals surface area contributed by atoms with Gasteiger partial charge in [0.25, 0.3) is 0 Å². The molecule has 4 rings (SSSR count). The second-order valence-corrected chi connectivity index (χ2v) is 5.44. The Hall–Kier alpha value is -1.76. The molecular weight excluding hydrogens is 206 g/mol. The van der Waals surface area contributed by atoms with E-state index in [0.29, 0.717) is 0 Å². The van der Waals surface area contributed by atoms with Gasteiger partial charge < -0.3 is 4.90 Å². The molecule has 2 aromatic rings. The largest absolute Gasteiger partial charge is 0.334 e. The maximum absolute atomic E-state index is 2.54. The van der Waals surface area contributed by atoms with Crippen LogP contribution in [0.25, 0.3) is 0 Å². The quantitative estimate of drug-likeness (QED) is 0.655. The predicted molar refractivity (Wildman–Crippen MR) is 70.8 cm³/mol. The van der Waals surface area contributed by atoms with Gasteiger partial charge in [-0.15, -0.1) is 0 Å². The van der Waals surface area contributed by atoms with Gasteiger partial charge in [-0.25, -0.2) is 0 Å². The zero-order valence-corrected chi connectivity index (χ0v) is 9.98. The van der Waals surface area contributed by atoms with E-state index in [-0.39, 0.29) is 5.54 Å². The zero-order chi connectivity index (χ0) is 11.5. The second kappa shape index (κ2) is 2.92. The molecule has 2 aliphatic rings. The molecule has 0 N–H and O–H groups in total. The van der Waals surface area contributed by atoms with Gasteiger partial charge in [0, 0.05) is 11.4 Å². The normalized spacial score (nSPS) is 18.8. The van der Waals surface area contributed by atoms with E-state index >= 15 is 0 Å². The van der Waals surface area contributed by atoms with Gasteiger partial charge in [-0.1, -0.05) is 36.4 Å². The molecule has 0 saturated carbocycles. The van der Waals surface area contributed by atoms with Gasteiger partial charge in [0.15, 0.2) is 0 Å². The zero-order valence-electron chi connectivity index (χ0n) is 9.98. The molecule has 0 amide bonds. The summed E-state index contributed by atoms with van der Waals surface area (Å²) < 4.78 is 0. The molecule has 0 fully saturated rings. The number of rotatable bonds is 0. The first-order chi connectivity index (χ1) is 8.28. The van der Waals surface area contributed by atoms with Gasteiger partial charge in [-0.3, -0.25) is 0 Å². The Morgan fingerprint density at radius 2 is 1.29 bits per heavy atom. The Kier molecular flexibility index (Phi) is 1.60. The van der Waals surface area contributed by atoms with Crippen molar-refractivity contribution in [1.82, 2.24) is 0 Å². The highest BCUT2D eigenvalue weighted by Gasteiger charge is 2.45. The minimum Gasteiger partial charge on any atom is -0.334 e. The van der Waals surface area contributed by atoms with Gasteiger partial charge in [0.2, 0.25) is 0 Å². The van der Waals surface area contributed by atoms with Crippen LogP contribution in [0.15, 0.2) is 48.5 Å². The van der Waals surface area contributed by atoms with Crippen molar-refractivity contribution in [2.45, 2.75) is 25.3 Å². The summed E-state index contributed by atoms with van der Waals surface area (Å²) in [6.45, 7) is 2.38. The third kappa shape index (κ3) is 1.09. The number of anilines is 2. The van der Waals surface area contributed by atoms with E-state index in [1.807, 2.05) is 0 Å². The van der Waals surface area contributed by atoms with Crippen molar-refractivity contribution >= 4 is 11.4 Å². The first-order valence-corrected chi connectivity index (χ1v) is 6.24. The third-order valence-corrected chi connectivity index (χ3v) is 4.15. The van der Waals surface area contributed by atoms with Crippen molar-refractivity contribution in [2.75, 3.05) is 4.90 Å². The Labute approximate surface area is 102 Å². The summed E-state index contributed by atoms with van der Waals surface area (Å²) >= 11 is 0. The van der Waals surface area contributed by atoms with Crippen LogP contribution in [0.2, 0.25) is 0 Å². The molecule has 0 atom stereocenters. The molecule has 0 aromatic heterocycles. The number of nitrogens with zero attached hydrogens (tertiary/aromatic N) is 1. The van der Waals surface area contributed by atoms with Gasteiger partial charge in [-0.05, 0) is 43.0 Å². The Morgan fingerprint density at radius 1 is 0.824 bits per heavy atom. The highest BCUT2D eigenvalue weighted by atomic mass is 15.2. The summed E-state index contributed by atoms with van der Waals surface area (Å²) in [6, 6.07) is 17.6. The van der Waals surface area contributed by atoms with Crippen molar-refractivity contribution in [3.05, 3.63) is 59.7 Å². The SMILES string of the molecule is CC12Cc3ccccc3N1c1ccccc1C2. The average Bonchev–Trinajstić information content (AvgIpc) is 2.76. The van der Waals surface area contributed by atoms with E-state index in [9.17, 15) is 0 Å². The van der Waals surface area contributed by atoms with Crippen molar-refractivity contribution < 1.29 is 0 Å². The number of fused-ring (bicyclic) bond motifs is 5. The average molecular weight is 221 g/mol. The second-order valence-electron chi connectivity index (χ2n) is 5.44. The first kappa shape index (κ1) is 9.29. The van der Waals surface area contributed by atoms with Crippen molar-refractivity contribution in [1.29, 1.82) is 0 Å². The molecule has 2 aliphatic heterocycles. The third-order valence-electron chi connectivity index (χ3n) is 4.15. The number of hydrogen-bond acceptors (Lipinski definition) is 1. The number of hydrogen-bond donors (Lipinski definition) is 0. The maximum Gasteiger partial charge on any atom is 0.0505 e. The molecule has 0 radical (unpaired) electrons. The Bertz CT molecular complexity index is 550. The van der Waals surface area contributed by atoms with Crippen molar-refractivity contribution in [3.63, 3.8) is 0 Å². The summed E-state index contributed by atoms with van der Waals surface area (Å²) in [5.74, 6) is 0. The molecule has 0 spiro atoms. The molecule has 17 heavy (non-hydrogen) atoms. The van der Waals surface area contributed by atoms with E-state index in [2.05, 4.69) is 60.4 Å². The molecule has 1 heteroatoms. The van der Waals surface area contributed by atoms with Gasteiger partial charge in [-0.2, -0.15) is 0 Å². The van der Waals surface area contributed by atoms with E-state index in [1.54, 1.807) is 0 Å². The lowest BCUT2D eigenvalue weighted by molar-refractivity contribution is 0.507. The molecule has 1 nitrogen and oxygen atoms in total. The minimum atomic E-state index is 0.257. The minimum absolute atomic E-state index is 0.257. The van der Waals surface area contributed by atoms with Crippen LogP contribution in [-0.2, 0) is 12.8 Å². The molecule has 0 aliphatic carbocycles. The molecule has 2 aromatic carbocycles. The number of benzene rings is 2. The first-order valence-electron chi connectivity index (χ1n) is 6.24. The lowest BCUT2D eigenvalue weighted by atomic mass is 9.93.